The van der Waals surface area contributed by atoms with Gasteiger partial charge in [0.15, 0.2) is 0 Å². The lowest BCUT2D eigenvalue weighted by molar-refractivity contribution is 0.0697. The summed E-state index contributed by atoms with van der Waals surface area (Å²) in [5.41, 5.74) is 0.479. The average Bonchev–Trinajstić information content (AvgIpc) is 2.42. The monoisotopic (exact) mass is 262 g/mol. The van der Waals surface area contributed by atoms with Gasteiger partial charge in [0, 0.05) is 13.6 Å². The zero-order valence-corrected chi connectivity index (χ0v) is 11.1. The fraction of sp³-hybridized carbons (Fsp3) is 0.286. The molecular formula is C14H18N2O3. The lowest BCUT2D eigenvalue weighted by atomic mass is 10.1. The van der Waals surface area contributed by atoms with Crippen molar-refractivity contribution in [3.05, 3.63) is 42.0 Å². The maximum Gasteiger partial charge on any atom is 0.337 e. The molecule has 102 valence electrons. The number of aromatic carboxylic acids is 1. The third-order valence-electron chi connectivity index (χ3n) is 2.62. The minimum Gasteiger partial charge on any atom is -0.478 e. The molecule has 0 aliphatic rings. The summed E-state index contributed by atoms with van der Waals surface area (Å²) >= 11 is 0. The molecule has 19 heavy (non-hydrogen) atoms. The molecule has 5 heteroatoms. The fourth-order valence-corrected chi connectivity index (χ4v) is 1.60. The molecule has 0 saturated carbocycles. The normalized spacial score (nSPS) is 10.4. The SMILES string of the molecule is C/C=C/CCNC(=O)N(C)c1ccccc1C(=O)O. The van der Waals surface area contributed by atoms with E-state index in [-0.39, 0.29) is 11.6 Å². The van der Waals surface area contributed by atoms with Crippen LogP contribution in [0, 0.1) is 0 Å². The topological polar surface area (TPSA) is 69.6 Å². The van der Waals surface area contributed by atoms with Crippen LogP contribution < -0.4 is 10.2 Å². The number of benzene rings is 1. The second-order valence-electron chi connectivity index (χ2n) is 3.97. The smallest absolute Gasteiger partial charge is 0.337 e. The summed E-state index contributed by atoms with van der Waals surface area (Å²) < 4.78 is 0. The van der Waals surface area contributed by atoms with Crippen LogP contribution in [0.3, 0.4) is 0 Å². The van der Waals surface area contributed by atoms with Gasteiger partial charge >= 0.3 is 12.0 Å². The van der Waals surface area contributed by atoms with Crippen LogP contribution in [0.1, 0.15) is 23.7 Å². The first-order valence-corrected chi connectivity index (χ1v) is 6.03. The number of amides is 2. The van der Waals surface area contributed by atoms with Gasteiger partial charge in [0.05, 0.1) is 11.3 Å². The summed E-state index contributed by atoms with van der Waals surface area (Å²) in [6.45, 7) is 2.43. The molecule has 0 aliphatic carbocycles. The third kappa shape index (κ3) is 4.13. The van der Waals surface area contributed by atoms with Gasteiger partial charge in [-0.05, 0) is 25.5 Å². The van der Waals surface area contributed by atoms with Gasteiger partial charge in [-0.1, -0.05) is 24.3 Å². The fourth-order valence-electron chi connectivity index (χ4n) is 1.60. The highest BCUT2D eigenvalue weighted by Gasteiger charge is 2.16. The summed E-state index contributed by atoms with van der Waals surface area (Å²) in [6.07, 6.45) is 4.61. The Balaban J connectivity index is 2.74. The highest BCUT2D eigenvalue weighted by atomic mass is 16.4. The van der Waals surface area contributed by atoms with Crippen LogP contribution in [0.4, 0.5) is 10.5 Å². The Morgan fingerprint density at radius 1 is 1.37 bits per heavy atom. The molecule has 0 heterocycles. The number of carboxylic acid groups (broad SMARTS) is 1. The van der Waals surface area contributed by atoms with Crippen molar-refractivity contribution in [3.63, 3.8) is 0 Å². The second-order valence-corrected chi connectivity index (χ2v) is 3.97. The van der Waals surface area contributed by atoms with Crippen LogP contribution in [0.2, 0.25) is 0 Å². The van der Waals surface area contributed by atoms with Gasteiger partial charge in [-0.3, -0.25) is 4.90 Å². The number of carboxylic acids is 1. The van der Waals surface area contributed by atoms with E-state index in [0.29, 0.717) is 12.2 Å². The van der Waals surface area contributed by atoms with Gasteiger partial charge in [-0.15, -0.1) is 0 Å². The van der Waals surface area contributed by atoms with E-state index in [9.17, 15) is 9.59 Å². The first-order chi connectivity index (χ1) is 9.07. The number of carbonyl (C=O) groups excluding carboxylic acids is 1. The maximum atomic E-state index is 11.9. The predicted octanol–water partition coefficient (Wildman–Crippen LogP) is 2.50. The number of allylic oxidation sites excluding steroid dienone is 1. The molecule has 0 fully saturated rings. The molecule has 0 bridgehead atoms. The number of nitrogens with one attached hydrogen (secondary N) is 1. The molecule has 0 atom stereocenters. The Morgan fingerprint density at radius 2 is 2.05 bits per heavy atom. The number of urea groups is 1. The predicted molar refractivity (Wildman–Crippen MR) is 74.6 cm³/mol. The molecule has 1 aromatic rings. The quantitative estimate of drug-likeness (QED) is 0.632. The second kappa shape index (κ2) is 7.20. The summed E-state index contributed by atoms with van der Waals surface area (Å²) in [5.74, 6) is -1.05. The van der Waals surface area contributed by atoms with E-state index >= 15 is 0 Å². The number of para-hydroxylation sites is 1. The lowest BCUT2D eigenvalue weighted by Gasteiger charge is -2.19. The Bertz CT molecular complexity index is 483. The zero-order chi connectivity index (χ0) is 14.3. The Morgan fingerprint density at radius 3 is 2.68 bits per heavy atom. The van der Waals surface area contributed by atoms with Crippen molar-refractivity contribution in [1.29, 1.82) is 0 Å². The van der Waals surface area contributed by atoms with Crippen molar-refractivity contribution in [1.82, 2.24) is 5.32 Å². The molecule has 0 aromatic heterocycles. The molecule has 0 unspecified atom stereocenters. The van der Waals surface area contributed by atoms with Crippen LogP contribution in [0.5, 0.6) is 0 Å². The lowest BCUT2D eigenvalue weighted by Crippen LogP contribution is -2.38. The van der Waals surface area contributed by atoms with Gasteiger partial charge in [0.2, 0.25) is 0 Å². The molecule has 0 spiro atoms. The zero-order valence-electron chi connectivity index (χ0n) is 11.1. The number of hydrogen-bond acceptors (Lipinski definition) is 2. The molecule has 0 saturated heterocycles. The number of hydrogen-bond donors (Lipinski definition) is 2. The maximum absolute atomic E-state index is 11.9. The number of anilines is 1. The molecule has 0 aliphatic heterocycles. The van der Waals surface area contributed by atoms with E-state index in [0.717, 1.165) is 6.42 Å². The van der Waals surface area contributed by atoms with Crippen molar-refractivity contribution in [3.8, 4) is 0 Å². The minimum atomic E-state index is -1.05. The van der Waals surface area contributed by atoms with Gasteiger partial charge in [-0.25, -0.2) is 9.59 Å². The van der Waals surface area contributed by atoms with Gasteiger partial charge in [0.1, 0.15) is 0 Å². The van der Waals surface area contributed by atoms with Crippen molar-refractivity contribution in [2.24, 2.45) is 0 Å². The number of nitrogens with zero attached hydrogens (tertiary/aromatic N) is 1. The summed E-state index contributed by atoms with van der Waals surface area (Å²) in [5, 5.41) is 11.8. The van der Waals surface area contributed by atoms with Crippen molar-refractivity contribution in [2.75, 3.05) is 18.5 Å². The number of carbonyl (C=O) groups is 2. The highest BCUT2D eigenvalue weighted by molar-refractivity contribution is 6.01. The first-order valence-electron chi connectivity index (χ1n) is 6.03. The molecule has 2 N–H and O–H groups in total. The van der Waals surface area contributed by atoms with E-state index in [2.05, 4.69) is 5.32 Å². The van der Waals surface area contributed by atoms with Gasteiger partial charge in [-0.2, -0.15) is 0 Å². The highest BCUT2D eigenvalue weighted by Crippen LogP contribution is 2.18. The van der Waals surface area contributed by atoms with Crippen molar-refractivity contribution < 1.29 is 14.7 Å². The van der Waals surface area contributed by atoms with Crippen molar-refractivity contribution >= 4 is 17.7 Å². The van der Waals surface area contributed by atoms with E-state index in [4.69, 9.17) is 5.11 Å². The third-order valence-corrected chi connectivity index (χ3v) is 2.62. The number of rotatable bonds is 5. The summed E-state index contributed by atoms with van der Waals surface area (Å²) in [7, 11) is 1.55. The molecule has 1 rings (SSSR count). The van der Waals surface area contributed by atoms with Gasteiger partial charge in [0.25, 0.3) is 0 Å². The molecule has 0 radical (unpaired) electrons. The van der Waals surface area contributed by atoms with Gasteiger partial charge < -0.3 is 10.4 Å². The first kappa shape index (κ1) is 14.8. The summed E-state index contributed by atoms with van der Waals surface area (Å²) in [4.78, 5) is 24.3. The largest absolute Gasteiger partial charge is 0.478 e. The Labute approximate surface area is 112 Å². The Kier molecular flexibility index (Phi) is 5.60. The van der Waals surface area contributed by atoms with E-state index < -0.39 is 5.97 Å². The van der Waals surface area contributed by atoms with E-state index in [1.54, 1.807) is 25.2 Å². The molecule has 1 aromatic carbocycles. The molecule has 5 nitrogen and oxygen atoms in total. The van der Waals surface area contributed by atoms with Crippen molar-refractivity contribution in [2.45, 2.75) is 13.3 Å². The minimum absolute atomic E-state index is 0.105. The molecule has 2 amide bonds. The molecular weight excluding hydrogens is 244 g/mol. The average molecular weight is 262 g/mol. The summed E-state index contributed by atoms with van der Waals surface area (Å²) in [6, 6.07) is 6.09. The Hall–Kier alpha value is -2.30. The van der Waals surface area contributed by atoms with Crippen LogP contribution in [0.25, 0.3) is 0 Å². The standard InChI is InChI=1S/C14H18N2O3/c1-3-4-7-10-15-14(19)16(2)12-9-6-5-8-11(12)13(17)18/h3-6,8-9H,7,10H2,1-2H3,(H,15,19)(H,17,18)/b4-3+. The van der Waals surface area contributed by atoms with Crippen LogP contribution in [-0.4, -0.2) is 30.7 Å². The van der Waals surface area contributed by atoms with Crippen LogP contribution in [0.15, 0.2) is 36.4 Å². The van der Waals surface area contributed by atoms with E-state index in [1.165, 1.54) is 11.0 Å². The van der Waals surface area contributed by atoms with E-state index in [1.807, 2.05) is 19.1 Å². The van der Waals surface area contributed by atoms with Crippen LogP contribution in [-0.2, 0) is 0 Å². The van der Waals surface area contributed by atoms with Crippen LogP contribution >= 0.6 is 0 Å².